The van der Waals surface area contributed by atoms with E-state index in [1.54, 1.807) is 0 Å². The van der Waals surface area contributed by atoms with E-state index < -0.39 is 9.84 Å². The predicted molar refractivity (Wildman–Crippen MR) is 101 cm³/mol. The van der Waals surface area contributed by atoms with Crippen molar-refractivity contribution >= 4 is 37.9 Å². The number of benzene rings is 1. The van der Waals surface area contributed by atoms with Crippen LogP contribution in [0.1, 0.15) is 38.2 Å². The van der Waals surface area contributed by atoms with Gasteiger partial charge >= 0.3 is 0 Å². The van der Waals surface area contributed by atoms with Crippen LogP contribution in [0.25, 0.3) is 10.8 Å². The highest BCUT2D eigenvalue weighted by atomic mass is 35.5. The molecule has 0 amide bonds. The maximum Gasteiger partial charge on any atom is 0.150 e. The predicted octanol–water partition coefficient (Wildman–Crippen LogP) is 4.03. The topological polar surface area (TPSA) is 50.3 Å². The van der Waals surface area contributed by atoms with Crippen molar-refractivity contribution in [1.82, 2.24) is 4.98 Å². The molecule has 0 radical (unpaired) electrons. The zero-order valence-electron chi connectivity index (χ0n) is 14.3. The number of hydrogen-bond acceptors (Lipinski definition) is 4. The molecule has 0 aliphatic carbocycles. The molecule has 0 unspecified atom stereocenters. The monoisotopic (exact) mass is 366 g/mol. The Labute approximate surface area is 148 Å². The zero-order chi connectivity index (χ0) is 17.5. The van der Waals surface area contributed by atoms with Gasteiger partial charge in [-0.05, 0) is 41.8 Å². The van der Waals surface area contributed by atoms with Gasteiger partial charge < -0.3 is 4.90 Å². The van der Waals surface area contributed by atoms with Crippen molar-refractivity contribution in [2.75, 3.05) is 24.2 Å². The highest BCUT2D eigenvalue weighted by Crippen LogP contribution is 2.35. The van der Waals surface area contributed by atoms with Crippen LogP contribution in [-0.4, -0.2) is 38.0 Å². The minimum Gasteiger partial charge on any atom is -0.371 e. The summed E-state index contributed by atoms with van der Waals surface area (Å²) < 4.78 is 23.5. The van der Waals surface area contributed by atoms with Crippen LogP contribution in [0.3, 0.4) is 0 Å². The largest absolute Gasteiger partial charge is 0.371 e. The van der Waals surface area contributed by atoms with Crippen LogP contribution >= 0.6 is 11.6 Å². The number of nitrogens with zero attached hydrogens (tertiary/aromatic N) is 2. The summed E-state index contributed by atoms with van der Waals surface area (Å²) in [5.41, 5.74) is 2.37. The average Bonchev–Trinajstić information content (AvgIpc) is 2.52. The van der Waals surface area contributed by atoms with Crippen molar-refractivity contribution in [2.45, 2.75) is 37.9 Å². The molecule has 0 bridgehead atoms. The second kappa shape index (κ2) is 6.52. The van der Waals surface area contributed by atoms with Crippen molar-refractivity contribution in [2.24, 2.45) is 0 Å². The fraction of sp³-hybridized carbons (Fsp3) is 0.500. The summed E-state index contributed by atoms with van der Waals surface area (Å²) >= 11 is 6.11. The number of fused-ring (bicyclic) bond motifs is 1. The van der Waals surface area contributed by atoms with E-state index in [1.807, 2.05) is 12.3 Å². The van der Waals surface area contributed by atoms with Crippen LogP contribution in [0.2, 0.25) is 5.15 Å². The molecule has 1 aliphatic rings. The van der Waals surface area contributed by atoms with Gasteiger partial charge in [0.2, 0.25) is 0 Å². The van der Waals surface area contributed by atoms with Gasteiger partial charge in [0.15, 0.2) is 0 Å². The molecule has 3 rings (SSSR count). The summed E-state index contributed by atoms with van der Waals surface area (Å²) in [7, 11) is -2.95. The van der Waals surface area contributed by atoms with E-state index in [1.165, 1.54) is 11.8 Å². The Hall–Kier alpha value is -1.33. The van der Waals surface area contributed by atoms with E-state index in [4.69, 9.17) is 11.6 Å². The Kier molecular flexibility index (Phi) is 4.76. The molecule has 0 saturated carbocycles. The maximum absolute atomic E-state index is 11.8. The molecule has 2 heterocycles. The summed E-state index contributed by atoms with van der Waals surface area (Å²) in [6, 6.07) is 6.22. The number of piperidine rings is 1. The Bertz CT molecular complexity index is 857. The van der Waals surface area contributed by atoms with Gasteiger partial charge in [-0.1, -0.05) is 31.5 Å². The van der Waals surface area contributed by atoms with Crippen LogP contribution in [0.15, 0.2) is 24.4 Å². The minimum atomic E-state index is -2.95. The lowest BCUT2D eigenvalue weighted by atomic mass is 9.95. The lowest BCUT2D eigenvalue weighted by molar-refractivity contribution is 0.534. The van der Waals surface area contributed by atoms with E-state index in [0.29, 0.717) is 23.9 Å². The number of rotatable bonds is 3. The number of hydrogen-bond donors (Lipinski definition) is 0. The molecule has 24 heavy (non-hydrogen) atoms. The lowest BCUT2D eigenvalue weighted by Gasteiger charge is -2.33. The van der Waals surface area contributed by atoms with Gasteiger partial charge in [0.25, 0.3) is 0 Å². The second-order valence-corrected chi connectivity index (χ2v) is 9.61. The van der Waals surface area contributed by atoms with Crippen LogP contribution < -0.4 is 4.90 Å². The van der Waals surface area contributed by atoms with E-state index >= 15 is 0 Å². The van der Waals surface area contributed by atoms with Crippen molar-refractivity contribution in [3.05, 3.63) is 35.1 Å². The maximum atomic E-state index is 11.8. The van der Waals surface area contributed by atoms with Crippen LogP contribution in [-0.2, 0) is 9.84 Å². The van der Waals surface area contributed by atoms with Crippen LogP contribution in [0.4, 0.5) is 5.69 Å². The molecular weight excluding hydrogens is 344 g/mol. The van der Waals surface area contributed by atoms with Crippen LogP contribution in [0.5, 0.6) is 0 Å². The minimum absolute atomic E-state index is 0.220. The number of pyridine rings is 1. The Morgan fingerprint density at radius 3 is 2.46 bits per heavy atom. The van der Waals surface area contributed by atoms with Gasteiger partial charge in [-0.25, -0.2) is 13.4 Å². The molecule has 130 valence electrons. The number of sulfone groups is 1. The first-order chi connectivity index (χ1) is 11.3. The Morgan fingerprint density at radius 1 is 1.21 bits per heavy atom. The smallest absolute Gasteiger partial charge is 0.150 e. The third-order valence-electron chi connectivity index (χ3n) is 4.89. The first-order valence-corrected chi connectivity index (χ1v) is 10.6. The highest BCUT2D eigenvalue weighted by Gasteiger charge is 2.27. The second-order valence-electron chi connectivity index (χ2n) is 6.90. The molecule has 2 aromatic rings. The van der Waals surface area contributed by atoms with Gasteiger partial charge in [0.1, 0.15) is 15.0 Å². The number of anilines is 1. The first kappa shape index (κ1) is 17.5. The summed E-state index contributed by atoms with van der Waals surface area (Å²) in [6.45, 7) is 5.83. The highest BCUT2D eigenvalue weighted by molar-refractivity contribution is 7.91. The fourth-order valence-corrected chi connectivity index (χ4v) is 4.75. The summed E-state index contributed by atoms with van der Waals surface area (Å²) in [4.78, 5) is 6.53. The van der Waals surface area contributed by atoms with Crippen molar-refractivity contribution < 1.29 is 8.42 Å². The summed E-state index contributed by atoms with van der Waals surface area (Å²) in [6.07, 6.45) is 4.52. The molecule has 6 heteroatoms. The van der Waals surface area contributed by atoms with Gasteiger partial charge in [0, 0.05) is 36.6 Å². The summed E-state index contributed by atoms with van der Waals surface area (Å²) in [5, 5.41) is 2.50. The molecule has 0 spiro atoms. The van der Waals surface area contributed by atoms with E-state index in [9.17, 15) is 8.42 Å². The van der Waals surface area contributed by atoms with Gasteiger partial charge in [-0.15, -0.1) is 0 Å². The average molecular weight is 367 g/mol. The molecule has 1 aromatic heterocycles. The molecule has 0 atom stereocenters. The van der Waals surface area contributed by atoms with Gasteiger partial charge in [-0.2, -0.15) is 0 Å². The van der Waals surface area contributed by atoms with E-state index in [2.05, 4.69) is 35.9 Å². The van der Waals surface area contributed by atoms with Crippen molar-refractivity contribution in [1.29, 1.82) is 0 Å². The van der Waals surface area contributed by atoms with Crippen LogP contribution in [0, 0.1) is 0 Å². The first-order valence-electron chi connectivity index (χ1n) is 8.29. The molecule has 4 nitrogen and oxygen atoms in total. The van der Waals surface area contributed by atoms with E-state index in [-0.39, 0.29) is 5.25 Å². The normalized spacial score (nSPS) is 17.0. The molecule has 0 N–H and O–H groups in total. The number of aromatic nitrogens is 1. The third kappa shape index (κ3) is 3.38. The number of halogens is 1. The SMILES string of the molecule is CC(C)c1ccc(N2CCC(S(C)(=O)=O)CC2)c2cnc(Cl)cc12. The molecule has 1 fully saturated rings. The molecular formula is C18H23ClN2O2S. The Morgan fingerprint density at radius 2 is 1.88 bits per heavy atom. The fourth-order valence-electron chi connectivity index (χ4n) is 3.53. The molecule has 1 aliphatic heterocycles. The Balaban J connectivity index is 1.98. The van der Waals surface area contributed by atoms with Gasteiger partial charge in [-0.3, -0.25) is 0 Å². The van der Waals surface area contributed by atoms with Crippen molar-refractivity contribution in [3.8, 4) is 0 Å². The lowest BCUT2D eigenvalue weighted by Crippen LogP contribution is -2.39. The quantitative estimate of drug-likeness (QED) is 0.769. The van der Waals surface area contributed by atoms with Gasteiger partial charge in [0.05, 0.1) is 5.25 Å². The molecule has 1 aromatic carbocycles. The van der Waals surface area contributed by atoms with E-state index in [0.717, 1.165) is 29.5 Å². The van der Waals surface area contributed by atoms with Crippen molar-refractivity contribution in [3.63, 3.8) is 0 Å². The summed E-state index contributed by atoms with van der Waals surface area (Å²) in [5.74, 6) is 0.399. The molecule has 1 saturated heterocycles. The standard InChI is InChI=1S/C18H23ClN2O2S/c1-12(2)14-4-5-17(16-11-20-18(19)10-15(14)16)21-8-6-13(7-9-21)24(3,22)23/h4-5,10-13H,6-9H2,1-3H3. The zero-order valence-corrected chi connectivity index (χ0v) is 15.9. The third-order valence-corrected chi connectivity index (χ3v) is 6.78.